The van der Waals surface area contributed by atoms with Gasteiger partial charge < -0.3 is 0 Å². The van der Waals surface area contributed by atoms with Crippen LogP contribution in [0, 0.1) is 15.0 Å². The lowest BCUT2D eigenvalue weighted by Crippen LogP contribution is -2.41. The molecule has 0 N–H and O–H groups in total. The monoisotopic (exact) mass is 186 g/mol. The summed E-state index contributed by atoms with van der Waals surface area (Å²) in [7, 11) is 0. The van der Waals surface area contributed by atoms with Crippen LogP contribution in [0.1, 0.15) is 27.7 Å². The molecule has 5 heteroatoms. The van der Waals surface area contributed by atoms with Gasteiger partial charge in [0.15, 0.2) is 6.04 Å². The molecule has 0 saturated carbocycles. The van der Waals surface area contributed by atoms with Gasteiger partial charge in [0.1, 0.15) is 0 Å². The number of nitrogens with zero attached hydrogens (tertiary/aromatic N) is 2. The second-order valence-corrected chi connectivity index (χ2v) is 3.71. The summed E-state index contributed by atoms with van der Waals surface area (Å²) >= 11 is 0. The highest BCUT2D eigenvalue weighted by atomic mass is 16.6. The van der Waals surface area contributed by atoms with Crippen LogP contribution in [-0.2, 0) is 0 Å². The molecule has 0 aromatic rings. The molecule has 0 aromatic heterocycles. The zero-order valence-electron chi connectivity index (χ0n) is 8.27. The molecule has 0 spiro atoms. The van der Waals surface area contributed by atoms with E-state index in [9.17, 15) is 15.0 Å². The molecule has 0 fully saturated rings. The first kappa shape index (κ1) is 11.7. The summed E-state index contributed by atoms with van der Waals surface area (Å²) in [6.07, 6.45) is 1.51. The van der Waals surface area contributed by atoms with E-state index in [1.165, 1.54) is 19.9 Å². The molecule has 0 saturated heterocycles. The van der Waals surface area contributed by atoms with Crippen molar-refractivity contribution in [1.82, 2.24) is 0 Å². The lowest BCUT2D eigenvalue weighted by molar-refractivity contribution is -0.561. The van der Waals surface area contributed by atoms with Gasteiger partial charge >= 0.3 is 0 Å². The molecule has 0 aliphatic heterocycles. The number of hydrogen-bond donors (Lipinski definition) is 0. The van der Waals surface area contributed by atoms with Crippen LogP contribution in [0.25, 0.3) is 0 Å². The molecule has 0 rings (SSSR count). The van der Waals surface area contributed by atoms with Gasteiger partial charge in [-0.2, -0.15) is 0 Å². The maximum absolute atomic E-state index is 10.6. The quantitative estimate of drug-likeness (QED) is 0.292. The summed E-state index contributed by atoms with van der Waals surface area (Å²) in [6.45, 7) is 6.32. The van der Waals surface area contributed by atoms with Crippen LogP contribution in [0.2, 0.25) is 0 Å². The van der Waals surface area contributed by atoms with E-state index in [0.717, 1.165) is 5.57 Å². The molecule has 0 aromatic carbocycles. The number of nitro groups is 1. The van der Waals surface area contributed by atoms with E-state index in [1.54, 1.807) is 13.8 Å². The minimum absolute atomic E-state index is 0.488. The second kappa shape index (κ2) is 4.11. The Hall–Kier alpha value is -1.26. The Kier molecular flexibility index (Phi) is 3.71. The van der Waals surface area contributed by atoms with Crippen LogP contribution >= 0.6 is 0 Å². The van der Waals surface area contributed by atoms with E-state index in [2.05, 4.69) is 5.18 Å². The first-order valence-corrected chi connectivity index (χ1v) is 3.94. The van der Waals surface area contributed by atoms with Gasteiger partial charge in [-0.1, -0.05) is 16.8 Å². The highest BCUT2D eigenvalue weighted by Gasteiger charge is 2.40. The van der Waals surface area contributed by atoms with Crippen molar-refractivity contribution in [2.45, 2.75) is 39.3 Å². The Morgan fingerprint density at radius 2 is 2.00 bits per heavy atom. The van der Waals surface area contributed by atoms with Gasteiger partial charge in [0.05, 0.1) is 0 Å². The Bertz CT molecular complexity index is 242. The first-order chi connectivity index (χ1) is 5.82. The van der Waals surface area contributed by atoms with Crippen LogP contribution in [0.4, 0.5) is 0 Å². The van der Waals surface area contributed by atoms with Crippen LogP contribution in [0.3, 0.4) is 0 Å². The van der Waals surface area contributed by atoms with Gasteiger partial charge in [-0.25, -0.2) is 0 Å². The molecule has 0 amide bonds. The summed E-state index contributed by atoms with van der Waals surface area (Å²) in [5, 5.41) is 13.3. The predicted molar refractivity (Wildman–Crippen MR) is 50.1 cm³/mol. The number of nitroso groups, excluding NO2 is 1. The number of hydrogen-bond acceptors (Lipinski definition) is 4. The molecule has 74 valence electrons. The van der Waals surface area contributed by atoms with Crippen LogP contribution in [-0.4, -0.2) is 16.5 Å². The highest BCUT2D eigenvalue weighted by Crippen LogP contribution is 2.19. The van der Waals surface area contributed by atoms with Crippen molar-refractivity contribution in [3.05, 3.63) is 26.7 Å². The molecule has 1 unspecified atom stereocenters. The predicted octanol–water partition coefficient (Wildman–Crippen LogP) is 2.14. The van der Waals surface area contributed by atoms with E-state index < -0.39 is 16.5 Å². The largest absolute Gasteiger partial charge is 0.264 e. The molecule has 5 nitrogen and oxygen atoms in total. The molecule has 1 atom stereocenters. The van der Waals surface area contributed by atoms with Crippen molar-refractivity contribution < 1.29 is 4.92 Å². The van der Waals surface area contributed by atoms with Gasteiger partial charge in [-0.05, 0) is 13.8 Å². The van der Waals surface area contributed by atoms with Gasteiger partial charge in [-0.15, -0.1) is 4.91 Å². The fraction of sp³-hybridized carbons (Fsp3) is 0.750. The van der Waals surface area contributed by atoms with E-state index in [4.69, 9.17) is 0 Å². The van der Waals surface area contributed by atoms with E-state index in [-0.39, 0.29) is 0 Å². The minimum atomic E-state index is -1.33. The Morgan fingerprint density at radius 3 is 2.23 bits per heavy atom. The molecular weight excluding hydrogens is 172 g/mol. The molecule has 0 bridgehead atoms. The number of allylic oxidation sites excluding steroid dienone is 1. The standard InChI is InChI=1S/C8H14N2O3/c1-6(2)5-7(9-11)8(3,4)10(12)13/h5,7H,1-4H3. The summed E-state index contributed by atoms with van der Waals surface area (Å²) in [5.74, 6) is 0. The fourth-order valence-corrected chi connectivity index (χ4v) is 0.787. The Morgan fingerprint density at radius 1 is 1.54 bits per heavy atom. The lowest BCUT2D eigenvalue weighted by Gasteiger charge is -2.18. The van der Waals surface area contributed by atoms with E-state index in [1.807, 2.05) is 0 Å². The van der Waals surface area contributed by atoms with Crippen LogP contribution < -0.4 is 0 Å². The molecule has 0 aliphatic rings. The van der Waals surface area contributed by atoms with Gasteiger partial charge in [0.25, 0.3) is 0 Å². The zero-order valence-corrected chi connectivity index (χ0v) is 8.27. The molecule has 13 heavy (non-hydrogen) atoms. The third-order valence-electron chi connectivity index (χ3n) is 1.80. The second-order valence-electron chi connectivity index (χ2n) is 3.71. The summed E-state index contributed by atoms with van der Waals surface area (Å²) in [6, 6.07) is -0.910. The van der Waals surface area contributed by atoms with Crippen molar-refractivity contribution in [1.29, 1.82) is 0 Å². The first-order valence-electron chi connectivity index (χ1n) is 3.94. The maximum Gasteiger partial charge on any atom is 0.245 e. The molecular formula is C8H14N2O3. The Labute approximate surface area is 77.0 Å². The van der Waals surface area contributed by atoms with Crippen molar-refractivity contribution in [2.75, 3.05) is 0 Å². The summed E-state index contributed by atoms with van der Waals surface area (Å²) in [4.78, 5) is 20.5. The maximum atomic E-state index is 10.6. The average molecular weight is 186 g/mol. The molecule has 0 heterocycles. The van der Waals surface area contributed by atoms with Gasteiger partial charge in [0.2, 0.25) is 5.54 Å². The van der Waals surface area contributed by atoms with Gasteiger partial charge in [0, 0.05) is 18.8 Å². The Balaban J connectivity index is 4.87. The van der Waals surface area contributed by atoms with Crippen molar-refractivity contribution >= 4 is 0 Å². The third-order valence-corrected chi connectivity index (χ3v) is 1.80. The van der Waals surface area contributed by atoms with E-state index in [0.29, 0.717) is 0 Å². The summed E-state index contributed by atoms with van der Waals surface area (Å²) in [5.41, 5.74) is -0.488. The lowest BCUT2D eigenvalue weighted by atomic mass is 9.95. The SMILES string of the molecule is CC(C)=CC(N=O)C(C)(C)[N+](=O)[O-]. The smallest absolute Gasteiger partial charge is 0.245 e. The normalized spacial score (nSPS) is 13.2. The van der Waals surface area contributed by atoms with Crippen molar-refractivity contribution in [3.8, 4) is 0 Å². The van der Waals surface area contributed by atoms with Crippen molar-refractivity contribution in [2.24, 2.45) is 5.18 Å². The van der Waals surface area contributed by atoms with Crippen molar-refractivity contribution in [3.63, 3.8) is 0 Å². The molecule has 0 aliphatic carbocycles. The third kappa shape index (κ3) is 2.93. The number of rotatable bonds is 4. The topological polar surface area (TPSA) is 72.6 Å². The fourth-order valence-electron chi connectivity index (χ4n) is 0.787. The minimum Gasteiger partial charge on any atom is -0.264 e. The molecule has 0 radical (unpaired) electrons. The van der Waals surface area contributed by atoms with Crippen LogP contribution in [0.15, 0.2) is 16.8 Å². The average Bonchev–Trinajstić information content (AvgIpc) is 1.99. The van der Waals surface area contributed by atoms with Gasteiger partial charge in [-0.3, -0.25) is 10.1 Å². The van der Waals surface area contributed by atoms with Crippen LogP contribution in [0.5, 0.6) is 0 Å². The summed E-state index contributed by atoms with van der Waals surface area (Å²) < 4.78 is 0. The zero-order chi connectivity index (χ0) is 10.6. The van der Waals surface area contributed by atoms with E-state index >= 15 is 0 Å². The highest BCUT2D eigenvalue weighted by molar-refractivity contribution is 5.06.